The first-order chi connectivity index (χ1) is 12.2. The molecule has 0 aliphatic carbocycles. The highest BCUT2D eigenvalue weighted by molar-refractivity contribution is 6.04. The van der Waals surface area contributed by atoms with Crippen molar-refractivity contribution in [2.75, 3.05) is 5.32 Å². The minimum atomic E-state index is -0.387. The third kappa shape index (κ3) is 2.16. The van der Waals surface area contributed by atoms with Crippen molar-refractivity contribution in [1.29, 1.82) is 0 Å². The number of carbonyl (C=O) groups is 2. The van der Waals surface area contributed by atoms with Crippen LogP contribution in [-0.4, -0.2) is 11.8 Å². The van der Waals surface area contributed by atoms with Crippen molar-refractivity contribution in [1.82, 2.24) is 5.32 Å². The summed E-state index contributed by atoms with van der Waals surface area (Å²) in [7, 11) is 0. The predicted molar refractivity (Wildman–Crippen MR) is 93.0 cm³/mol. The number of fused-ring (bicyclic) bond motifs is 2. The Hall–Kier alpha value is -3.08. The van der Waals surface area contributed by atoms with E-state index < -0.39 is 0 Å². The SMILES string of the molecule is O=C1CC(C2c3ccccc3NC2c2cc3ccccc3o2)C(=O)N1. The van der Waals surface area contributed by atoms with Gasteiger partial charge in [-0.3, -0.25) is 14.9 Å². The summed E-state index contributed by atoms with van der Waals surface area (Å²) in [6.45, 7) is 0. The van der Waals surface area contributed by atoms with Gasteiger partial charge in [0.1, 0.15) is 11.3 Å². The quantitative estimate of drug-likeness (QED) is 0.706. The van der Waals surface area contributed by atoms with Crippen molar-refractivity contribution in [3.8, 4) is 0 Å². The first kappa shape index (κ1) is 14.3. The van der Waals surface area contributed by atoms with Crippen molar-refractivity contribution < 1.29 is 14.0 Å². The molecule has 2 aromatic carbocycles. The van der Waals surface area contributed by atoms with Gasteiger partial charge in [-0.05, 0) is 23.8 Å². The van der Waals surface area contributed by atoms with Gasteiger partial charge in [0.2, 0.25) is 11.8 Å². The van der Waals surface area contributed by atoms with Crippen LogP contribution in [0.2, 0.25) is 0 Å². The molecule has 5 heteroatoms. The summed E-state index contributed by atoms with van der Waals surface area (Å²) in [4.78, 5) is 24.1. The summed E-state index contributed by atoms with van der Waals surface area (Å²) in [6, 6.07) is 17.6. The number of rotatable bonds is 2. The molecule has 3 unspecified atom stereocenters. The van der Waals surface area contributed by atoms with Gasteiger partial charge in [-0.25, -0.2) is 0 Å². The number of furan rings is 1. The molecule has 2 N–H and O–H groups in total. The summed E-state index contributed by atoms with van der Waals surface area (Å²) in [5.74, 6) is -0.142. The molecule has 5 rings (SSSR count). The number of nitrogens with one attached hydrogen (secondary N) is 2. The third-order valence-electron chi connectivity index (χ3n) is 5.18. The average Bonchev–Trinajstić information content (AvgIpc) is 3.28. The topological polar surface area (TPSA) is 71.3 Å². The second kappa shape index (κ2) is 5.21. The van der Waals surface area contributed by atoms with Gasteiger partial charge in [-0.15, -0.1) is 0 Å². The van der Waals surface area contributed by atoms with Gasteiger partial charge < -0.3 is 9.73 Å². The molecule has 2 aliphatic rings. The third-order valence-corrected chi connectivity index (χ3v) is 5.18. The van der Waals surface area contributed by atoms with Gasteiger partial charge >= 0.3 is 0 Å². The Bertz CT molecular complexity index is 974. The zero-order chi connectivity index (χ0) is 17.0. The molecule has 0 bridgehead atoms. The van der Waals surface area contributed by atoms with Crippen LogP contribution in [0.4, 0.5) is 5.69 Å². The van der Waals surface area contributed by atoms with Crippen LogP contribution in [0.5, 0.6) is 0 Å². The predicted octanol–water partition coefficient (Wildman–Crippen LogP) is 3.35. The molecule has 124 valence electrons. The number of hydrogen-bond acceptors (Lipinski definition) is 4. The first-order valence-electron chi connectivity index (χ1n) is 8.38. The molecule has 2 aliphatic heterocycles. The van der Waals surface area contributed by atoms with Crippen LogP contribution in [-0.2, 0) is 9.59 Å². The fraction of sp³-hybridized carbons (Fsp3) is 0.200. The Balaban J connectivity index is 1.62. The van der Waals surface area contributed by atoms with E-state index in [2.05, 4.69) is 10.6 Å². The van der Waals surface area contributed by atoms with Crippen LogP contribution >= 0.6 is 0 Å². The summed E-state index contributed by atoms with van der Waals surface area (Å²) < 4.78 is 6.06. The number of amides is 2. The average molecular weight is 332 g/mol. The monoisotopic (exact) mass is 332 g/mol. The number of carbonyl (C=O) groups excluding carboxylic acids is 2. The van der Waals surface area contributed by atoms with Gasteiger partial charge in [0.05, 0.1) is 12.0 Å². The van der Waals surface area contributed by atoms with E-state index in [1.54, 1.807) is 0 Å². The Morgan fingerprint density at radius 3 is 2.60 bits per heavy atom. The van der Waals surface area contributed by atoms with Gasteiger partial charge in [0.15, 0.2) is 0 Å². The molecule has 0 spiro atoms. The highest BCUT2D eigenvalue weighted by atomic mass is 16.3. The van der Waals surface area contributed by atoms with Gasteiger partial charge in [0.25, 0.3) is 0 Å². The van der Waals surface area contributed by atoms with Crippen LogP contribution in [0.3, 0.4) is 0 Å². The van der Waals surface area contributed by atoms with E-state index in [4.69, 9.17) is 4.42 Å². The van der Waals surface area contributed by atoms with Crippen molar-refractivity contribution in [2.24, 2.45) is 5.92 Å². The highest BCUT2D eigenvalue weighted by Crippen LogP contribution is 2.50. The van der Waals surface area contributed by atoms with Gasteiger partial charge in [0, 0.05) is 23.4 Å². The lowest BCUT2D eigenvalue weighted by Gasteiger charge is -2.22. The summed E-state index contributed by atoms with van der Waals surface area (Å²) >= 11 is 0. The van der Waals surface area contributed by atoms with Crippen LogP contribution in [0.25, 0.3) is 11.0 Å². The normalized spacial score (nSPS) is 25.0. The summed E-state index contributed by atoms with van der Waals surface area (Å²) in [5.41, 5.74) is 2.87. The highest BCUT2D eigenvalue weighted by Gasteiger charge is 2.46. The second-order valence-electron chi connectivity index (χ2n) is 6.64. The Morgan fingerprint density at radius 2 is 1.80 bits per heavy atom. The lowest BCUT2D eigenvalue weighted by atomic mass is 9.81. The molecule has 1 aromatic heterocycles. The number of benzene rings is 2. The molecular weight excluding hydrogens is 316 g/mol. The molecule has 3 atom stereocenters. The molecule has 0 radical (unpaired) electrons. The van der Waals surface area contributed by atoms with E-state index >= 15 is 0 Å². The lowest BCUT2D eigenvalue weighted by Crippen LogP contribution is -2.27. The Kier molecular flexibility index (Phi) is 2.98. The molecule has 3 aromatic rings. The van der Waals surface area contributed by atoms with Crippen molar-refractivity contribution in [3.05, 3.63) is 65.9 Å². The number of imide groups is 1. The zero-order valence-corrected chi connectivity index (χ0v) is 13.4. The number of hydrogen-bond donors (Lipinski definition) is 2. The fourth-order valence-corrected chi connectivity index (χ4v) is 4.07. The fourth-order valence-electron chi connectivity index (χ4n) is 4.07. The molecule has 25 heavy (non-hydrogen) atoms. The van der Waals surface area contributed by atoms with Crippen LogP contribution < -0.4 is 10.6 Å². The smallest absolute Gasteiger partial charge is 0.230 e. The van der Waals surface area contributed by atoms with E-state index in [0.717, 1.165) is 28.0 Å². The molecule has 3 heterocycles. The second-order valence-corrected chi connectivity index (χ2v) is 6.64. The van der Waals surface area contributed by atoms with E-state index in [0.29, 0.717) is 0 Å². The number of anilines is 1. The standard InChI is InChI=1S/C20H16N2O3/c23-17-10-13(20(24)22-17)18-12-6-2-3-7-14(12)21-19(18)16-9-11-5-1-4-8-15(11)25-16/h1-9,13,18-19,21H,10H2,(H,22,23,24). The summed E-state index contributed by atoms with van der Waals surface area (Å²) in [6.07, 6.45) is 0.218. The Morgan fingerprint density at radius 1 is 1.00 bits per heavy atom. The van der Waals surface area contributed by atoms with Crippen LogP contribution in [0.1, 0.15) is 29.7 Å². The Labute approximate surface area is 144 Å². The minimum absolute atomic E-state index is 0.136. The van der Waals surface area contributed by atoms with E-state index in [-0.39, 0.29) is 36.1 Å². The van der Waals surface area contributed by atoms with E-state index in [9.17, 15) is 9.59 Å². The van der Waals surface area contributed by atoms with E-state index in [1.165, 1.54) is 0 Å². The van der Waals surface area contributed by atoms with Crippen LogP contribution in [0.15, 0.2) is 59.0 Å². The minimum Gasteiger partial charge on any atom is -0.459 e. The molecule has 2 amide bonds. The van der Waals surface area contributed by atoms with Crippen molar-refractivity contribution in [3.63, 3.8) is 0 Å². The van der Waals surface area contributed by atoms with Crippen molar-refractivity contribution >= 4 is 28.5 Å². The zero-order valence-electron chi connectivity index (χ0n) is 13.4. The van der Waals surface area contributed by atoms with Gasteiger partial charge in [-0.2, -0.15) is 0 Å². The molecular formula is C20H16N2O3. The lowest BCUT2D eigenvalue weighted by molar-refractivity contribution is -0.126. The maximum Gasteiger partial charge on any atom is 0.230 e. The maximum atomic E-state index is 12.3. The van der Waals surface area contributed by atoms with E-state index in [1.807, 2.05) is 54.6 Å². The molecule has 1 fully saturated rings. The summed E-state index contributed by atoms with van der Waals surface area (Å²) in [5, 5.41) is 6.95. The first-order valence-corrected chi connectivity index (χ1v) is 8.38. The van der Waals surface area contributed by atoms with Crippen LogP contribution in [0, 0.1) is 5.92 Å². The molecule has 5 nitrogen and oxygen atoms in total. The molecule has 0 saturated carbocycles. The molecule has 1 saturated heterocycles. The van der Waals surface area contributed by atoms with Crippen molar-refractivity contribution in [2.45, 2.75) is 18.4 Å². The number of para-hydroxylation sites is 2. The largest absolute Gasteiger partial charge is 0.459 e. The maximum absolute atomic E-state index is 12.3. The van der Waals surface area contributed by atoms with Gasteiger partial charge in [-0.1, -0.05) is 36.4 Å².